The van der Waals surface area contributed by atoms with Crippen LogP contribution in [0.2, 0.25) is 0 Å². The summed E-state index contributed by atoms with van der Waals surface area (Å²) in [5.41, 5.74) is 1.75. The van der Waals surface area contributed by atoms with Crippen molar-refractivity contribution >= 4 is 5.97 Å². The minimum atomic E-state index is -0.298. The third-order valence-electron chi connectivity index (χ3n) is 1.29. The smallest absolute Gasteiger partial charge is 0.331 e. The van der Waals surface area contributed by atoms with E-state index >= 15 is 0 Å². The van der Waals surface area contributed by atoms with Gasteiger partial charge in [0, 0.05) is 6.08 Å². The molecular weight excluding hydrogens is 140 g/mol. The lowest BCUT2D eigenvalue weighted by atomic mass is 10.1. The van der Waals surface area contributed by atoms with Crippen molar-refractivity contribution in [3.05, 3.63) is 23.8 Å². The van der Waals surface area contributed by atoms with E-state index in [1.165, 1.54) is 6.08 Å². The van der Waals surface area contributed by atoms with Gasteiger partial charge in [-0.15, -0.1) is 0 Å². The first-order chi connectivity index (χ1) is 5.07. The Morgan fingerprint density at radius 3 is 2.45 bits per heavy atom. The highest BCUT2D eigenvalue weighted by molar-refractivity contribution is 5.83. The van der Waals surface area contributed by atoms with Crippen LogP contribution >= 0.6 is 0 Å². The maximum atomic E-state index is 10.8. The van der Waals surface area contributed by atoms with Crippen molar-refractivity contribution in [2.24, 2.45) is 0 Å². The summed E-state index contributed by atoms with van der Waals surface area (Å²) >= 11 is 0. The van der Waals surface area contributed by atoms with Crippen molar-refractivity contribution in [1.29, 1.82) is 0 Å². The molecule has 0 unspecified atom stereocenters. The minimum Gasteiger partial charge on any atom is -0.463 e. The number of carbonyl (C=O) groups excluding carboxylic acids is 1. The number of hydrogen-bond donors (Lipinski definition) is 0. The molecule has 0 aliphatic rings. The van der Waals surface area contributed by atoms with Gasteiger partial charge in [0.15, 0.2) is 0 Å². The fraction of sp³-hybridized carbons (Fsp3) is 0.444. The molecule has 62 valence electrons. The largest absolute Gasteiger partial charge is 0.463 e. The molecule has 0 bridgehead atoms. The Hall–Kier alpha value is -1.05. The van der Waals surface area contributed by atoms with Gasteiger partial charge in [-0.25, -0.2) is 4.79 Å². The van der Waals surface area contributed by atoms with Crippen molar-refractivity contribution in [1.82, 2.24) is 0 Å². The van der Waals surface area contributed by atoms with E-state index in [-0.39, 0.29) is 5.97 Å². The van der Waals surface area contributed by atoms with Gasteiger partial charge in [-0.3, -0.25) is 0 Å². The van der Waals surface area contributed by atoms with E-state index in [1.54, 1.807) is 6.92 Å². The zero-order chi connectivity index (χ0) is 8.85. The maximum absolute atomic E-state index is 10.8. The third kappa shape index (κ3) is 4.37. The van der Waals surface area contributed by atoms with Crippen molar-refractivity contribution < 1.29 is 9.53 Å². The molecule has 0 aromatic carbocycles. The summed E-state index contributed by atoms with van der Waals surface area (Å²) in [5, 5.41) is 0. The molecule has 0 saturated heterocycles. The predicted molar refractivity (Wildman–Crippen MR) is 45.2 cm³/mol. The standard InChI is InChI=1S/C9H14O2/c1-5-11-9(10)6-8(4)7(2)3/h6H,2,5H2,1,3-4H3/b8-6+. The second kappa shape index (κ2) is 4.72. The topological polar surface area (TPSA) is 26.3 Å². The molecule has 2 nitrogen and oxygen atoms in total. The van der Waals surface area contributed by atoms with Crippen molar-refractivity contribution in [3.63, 3.8) is 0 Å². The van der Waals surface area contributed by atoms with Crippen LogP contribution in [-0.2, 0) is 9.53 Å². The fourth-order valence-corrected chi connectivity index (χ4v) is 0.484. The summed E-state index contributed by atoms with van der Waals surface area (Å²) in [6, 6.07) is 0. The normalized spacial score (nSPS) is 11.0. The van der Waals surface area contributed by atoms with Crippen LogP contribution in [0.15, 0.2) is 23.8 Å². The highest BCUT2D eigenvalue weighted by Gasteiger charge is 1.97. The second-order valence-electron chi connectivity index (χ2n) is 2.36. The van der Waals surface area contributed by atoms with Crippen LogP contribution in [0.25, 0.3) is 0 Å². The molecule has 0 saturated carbocycles. The predicted octanol–water partition coefficient (Wildman–Crippen LogP) is 2.07. The Labute approximate surface area is 67.6 Å². The average Bonchev–Trinajstić information content (AvgIpc) is 1.87. The van der Waals surface area contributed by atoms with E-state index in [0.717, 1.165) is 11.1 Å². The van der Waals surface area contributed by atoms with Crippen LogP contribution in [0.4, 0.5) is 0 Å². The quantitative estimate of drug-likeness (QED) is 0.353. The first kappa shape index (κ1) is 9.95. The second-order valence-corrected chi connectivity index (χ2v) is 2.36. The molecular formula is C9H14O2. The molecule has 0 aliphatic carbocycles. The summed E-state index contributed by atoms with van der Waals surface area (Å²) in [5.74, 6) is -0.298. The van der Waals surface area contributed by atoms with Gasteiger partial charge in [0.05, 0.1) is 6.61 Å². The van der Waals surface area contributed by atoms with Gasteiger partial charge < -0.3 is 4.74 Å². The van der Waals surface area contributed by atoms with Crippen molar-refractivity contribution in [3.8, 4) is 0 Å². The van der Waals surface area contributed by atoms with Gasteiger partial charge in [-0.05, 0) is 26.3 Å². The number of allylic oxidation sites excluding steroid dienone is 2. The van der Waals surface area contributed by atoms with Crippen molar-refractivity contribution in [2.45, 2.75) is 20.8 Å². The highest BCUT2D eigenvalue weighted by atomic mass is 16.5. The van der Waals surface area contributed by atoms with E-state index in [9.17, 15) is 4.79 Å². The van der Waals surface area contributed by atoms with E-state index in [1.807, 2.05) is 13.8 Å². The molecule has 2 heteroatoms. The van der Waals surface area contributed by atoms with Gasteiger partial charge in [0.25, 0.3) is 0 Å². The van der Waals surface area contributed by atoms with E-state index in [0.29, 0.717) is 6.61 Å². The van der Waals surface area contributed by atoms with Gasteiger partial charge >= 0.3 is 5.97 Å². The summed E-state index contributed by atoms with van der Waals surface area (Å²) in [4.78, 5) is 10.8. The summed E-state index contributed by atoms with van der Waals surface area (Å²) in [7, 11) is 0. The Morgan fingerprint density at radius 1 is 1.55 bits per heavy atom. The average molecular weight is 154 g/mol. The molecule has 11 heavy (non-hydrogen) atoms. The lowest BCUT2D eigenvalue weighted by molar-refractivity contribution is -0.137. The molecule has 0 radical (unpaired) electrons. The zero-order valence-corrected chi connectivity index (χ0v) is 7.31. The first-order valence-electron chi connectivity index (χ1n) is 3.58. The zero-order valence-electron chi connectivity index (χ0n) is 7.31. The molecule has 0 amide bonds. The Bertz CT molecular complexity index is 190. The van der Waals surface area contributed by atoms with Crippen LogP contribution in [0.1, 0.15) is 20.8 Å². The minimum absolute atomic E-state index is 0.298. The SMILES string of the molecule is C=C(C)/C(C)=C/C(=O)OCC. The Balaban J connectivity index is 4.08. The number of ether oxygens (including phenoxy) is 1. The van der Waals surface area contributed by atoms with E-state index < -0.39 is 0 Å². The molecule has 0 fully saturated rings. The maximum Gasteiger partial charge on any atom is 0.331 e. The van der Waals surface area contributed by atoms with Crippen molar-refractivity contribution in [2.75, 3.05) is 6.61 Å². The van der Waals surface area contributed by atoms with Gasteiger partial charge in [-0.1, -0.05) is 12.2 Å². The van der Waals surface area contributed by atoms with Crippen LogP contribution in [0.5, 0.6) is 0 Å². The van der Waals surface area contributed by atoms with E-state index in [4.69, 9.17) is 4.74 Å². The lowest BCUT2D eigenvalue weighted by Gasteiger charge is -1.98. The molecule has 0 N–H and O–H groups in total. The molecule has 0 atom stereocenters. The van der Waals surface area contributed by atoms with Gasteiger partial charge in [0.1, 0.15) is 0 Å². The number of hydrogen-bond acceptors (Lipinski definition) is 2. The van der Waals surface area contributed by atoms with Crippen LogP contribution < -0.4 is 0 Å². The molecule has 0 aromatic heterocycles. The van der Waals surface area contributed by atoms with Crippen LogP contribution in [-0.4, -0.2) is 12.6 Å². The summed E-state index contributed by atoms with van der Waals surface area (Å²) < 4.78 is 4.71. The van der Waals surface area contributed by atoms with Crippen LogP contribution in [0.3, 0.4) is 0 Å². The summed E-state index contributed by atoms with van der Waals surface area (Å²) in [6.07, 6.45) is 1.45. The first-order valence-corrected chi connectivity index (χ1v) is 3.58. The monoisotopic (exact) mass is 154 g/mol. The number of esters is 1. The lowest BCUT2D eigenvalue weighted by Crippen LogP contribution is -2.00. The molecule has 0 aliphatic heterocycles. The fourth-order valence-electron chi connectivity index (χ4n) is 0.484. The Morgan fingerprint density at radius 2 is 2.09 bits per heavy atom. The van der Waals surface area contributed by atoms with E-state index in [2.05, 4.69) is 6.58 Å². The highest BCUT2D eigenvalue weighted by Crippen LogP contribution is 2.04. The molecule has 0 heterocycles. The summed E-state index contributed by atoms with van der Waals surface area (Å²) in [6.45, 7) is 9.57. The molecule has 0 spiro atoms. The number of carbonyl (C=O) groups is 1. The number of rotatable bonds is 3. The Kier molecular flexibility index (Phi) is 4.27. The van der Waals surface area contributed by atoms with Crippen LogP contribution in [0, 0.1) is 0 Å². The van der Waals surface area contributed by atoms with Gasteiger partial charge in [0.2, 0.25) is 0 Å². The third-order valence-corrected chi connectivity index (χ3v) is 1.29. The van der Waals surface area contributed by atoms with Gasteiger partial charge in [-0.2, -0.15) is 0 Å². The molecule has 0 rings (SSSR count). The molecule has 0 aromatic rings.